The fourth-order valence-electron chi connectivity index (χ4n) is 18.4. The van der Waals surface area contributed by atoms with Crippen LogP contribution in [-0.4, -0.2) is 148 Å². The fraction of sp³-hybridized carbons (Fsp3) is 0.527. The highest BCUT2D eigenvalue weighted by Gasteiger charge is 2.58. The maximum Gasteiger partial charge on any atom is 0.408 e. The number of nitrogens with one attached hydrogen (secondary N) is 5. The van der Waals surface area contributed by atoms with Gasteiger partial charge in [-0.25, -0.2) is 9.59 Å². The van der Waals surface area contributed by atoms with Crippen molar-refractivity contribution in [1.29, 1.82) is 0 Å². The highest BCUT2D eigenvalue weighted by atomic mass is 16.6. The minimum absolute atomic E-state index is 0.0162. The molecule has 24 heteroatoms. The van der Waals surface area contributed by atoms with Crippen LogP contribution >= 0.6 is 0 Å². The second-order valence-corrected chi connectivity index (χ2v) is 33.0. The van der Waals surface area contributed by atoms with Gasteiger partial charge in [-0.05, 0) is 169 Å². The lowest BCUT2D eigenvalue weighted by Gasteiger charge is -2.56. The first kappa shape index (κ1) is 87.5. The number of hydrogen-bond donors (Lipinski definition) is 7. The zero-order chi connectivity index (χ0) is 82.5. The van der Waals surface area contributed by atoms with Gasteiger partial charge in [-0.15, -0.1) is 0 Å². The van der Waals surface area contributed by atoms with E-state index >= 15 is 0 Å². The average Bonchev–Trinajstić information content (AvgIpc) is 0.722. The summed E-state index contributed by atoms with van der Waals surface area (Å²) in [7, 11) is 0. The van der Waals surface area contributed by atoms with E-state index in [0.29, 0.717) is 61.7 Å². The van der Waals surface area contributed by atoms with Gasteiger partial charge in [-0.1, -0.05) is 151 Å². The molecule has 1 heterocycles. The van der Waals surface area contributed by atoms with Crippen LogP contribution in [0.1, 0.15) is 200 Å². The van der Waals surface area contributed by atoms with Crippen molar-refractivity contribution in [2.45, 2.75) is 207 Å². The average molecular weight is 1580 g/mol. The smallest absolute Gasteiger partial charge is 0.408 e. The van der Waals surface area contributed by atoms with Gasteiger partial charge < -0.3 is 66.0 Å². The van der Waals surface area contributed by atoms with Gasteiger partial charge >= 0.3 is 18.1 Å². The summed E-state index contributed by atoms with van der Waals surface area (Å²) in [6.45, 7) is 16.9. The van der Waals surface area contributed by atoms with Gasteiger partial charge in [0, 0.05) is 78.8 Å². The van der Waals surface area contributed by atoms with Crippen molar-refractivity contribution in [2.75, 3.05) is 76.2 Å². The molecule has 7 amide bonds. The molecule has 616 valence electrons. The lowest BCUT2D eigenvalue weighted by Crippen LogP contribution is -2.55. The number of carbonyl (C=O) groups excluding carboxylic acids is 10. The Labute approximate surface area is 675 Å². The molecule has 10 rings (SSSR count). The Balaban J connectivity index is 0.612. The van der Waals surface area contributed by atoms with Crippen molar-refractivity contribution < 1.29 is 81.5 Å². The van der Waals surface area contributed by atoms with Crippen molar-refractivity contribution in [3.63, 3.8) is 0 Å². The summed E-state index contributed by atoms with van der Waals surface area (Å²) in [6, 6.07) is 31.1. The van der Waals surface area contributed by atoms with Crippen molar-refractivity contribution in [3.8, 4) is 11.8 Å². The highest BCUT2D eigenvalue weighted by molar-refractivity contribution is 6.05. The van der Waals surface area contributed by atoms with Gasteiger partial charge in [-0.2, -0.15) is 0 Å². The molecule has 2 saturated carbocycles. The Kier molecular flexibility index (Phi) is 30.9. The number of carboxylic acids is 1. The molecule has 2 fully saturated rings. The summed E-state index contributed by atoms with van der Waals surface area (Å²) in [5.74, 6) is 1.77. The van der Waals surface area contributed by atoms with Crippen LogP contribution < -0.4 is 37.2 Å². The monoisotopic (exact) mass is 1580 g/mol. The van der Waals surface area contributed by atoms with Crippen LogP contribution in [0.4, 0.5) is 21.0 Å². The van der Waals surface area contributed by atoms with Crippen LogP contribution in [0.15, 0.2) is 109 Å². The standard InChI is InChI=1S/C91H115N7O17/c1-59(2)84(97-81(104)36-43-111-45-47-113-49-50-114-48-46-112-44-42-93-80(103)34-35-82(105)98-57-68-17-9-8-15-63(68)26-27-66-16-10-11-19-73(66)98)75(100)54-67(18-12-41-94-86(92)109)85(108)95-69-30-22-61(23-31-69)58-115-87(110)96-72(55-83(106)107)74(99)53-62-21-25-65-29-33-77-89(5,71(65)52-62)38-14-40-91(77,7)79(102)56-78(101)90(6)39-13-37-88(4)70-51-60(3)20-24-64(70)28-32-76(88)90/h8-11,15-17,19-25,30-31,51-52,59,67,72,76-77,84H,12-14,18,28-29,32-50,53-58H2,1-7H3,(H,93,103)(H,95,108)(H,96,110)(H,97,104)(H,106,107)(H3,92,94,109)/t67-,72+,76-,77-,84+,88-,89-,90+,91+/m1/s1. The molecule has 9 atom stereocenters. The number of primary amides is 1. The van der Waals surface area contributed by atoms with Crippen molar-refractivity contribution in [1.82, 2.24) is 21.3 Å². The third-order valence-electron chi connectivity index (χ3n) is 24.6. The quantitative estimate of drug-likeness (QED) is 0.0109. The van der Waals surface area contributed by atoms with Crippen LogP contribution in [0.2, 0.25) is 0 Å². The Morgan fingerprint density at radius 3 is 1.81 bits per heavy atom. The Morgan fingerprint density at radius 1 is 0.591 bits per heavy atom. The van der Waals surface area contributed by atoms with E-state index in [4.69, 9.17) is 29.4 Å². The van der Waals surface area contributed by atoms with Crippen molar-refractivity contribution in [2.24, 2.45) is 40.2 Å². The predicted octanol–water partition coefficient (Wildman–Crippen LogP) is 11.5. The molecule has 8 N–H and O–H groups in total. The number of para-hydroxylation sites is 1. The molecule has 0 bridgehead atoms. The number of nitrogens with zero attached hydrogens (tertiary/aromatic N) is 1. The number of nitrogens with two attached hydrogens (primary N) is 1. The van der Waals surface area contributed by atoms with Gasteiger partial charge in [0.2, 0.25) is 23.6 Å². The minimum atomic E-state index is -1.43. The van der Waals surface area contributed by atoms with E-state index in [-0.39, 0.29) is 150 Å². The molecule has 0 unspecified atom stereocenters. The Hall–Kier alpha value is -9.93. The summed E-state index contributed by atoms with van der Waals surface area (Å²) in [5.41, 5.74) is 14.2. The normalized spacial score (nSPS) is 21.1. The number of benzene rings is 5. The van der Waals surface area contributed by atoms with E-state index in [0.717, 1.165) is 85.6 Å². The number of ketones is 4. The number of carbonyl (C=O) groups is 11. The van der Waals surface area contributed by atoms with Gasteiger partial charge in [0.1, 0.15) is 24.2 Å². The second-order valence-electron chi connectivity index (χ2n) is 33.0. The molecule has 0 aromatic heterocycles. The first-order chi connectivity index (χ1) is 55.1. The highest BCUT2D eigenvalue weighted by Crippen LogP contribution is 2.61. The molecule has 4 aliphatic carbocycles. The summed E-state index contributed by atoms with van der Waals surface area (Å²) in [6.07, 6.45) is 6.64. The number of anilines is 2. The summed E-state index contributed by atoms with van der Waals surface area (Å²) in [5, 5.41) is 23.4. The van der Waals surface area contributed by atoms with Gasteiger partial charge in [0.25, 0.3) is 0 Å². The molecule has 5 aromatic carbocycles. The number of rotatable bonds is 41. The van der Waals surface area contributed by atoms with E-state index in [1.165, 1.54) is 16.7 Å². The number of fused-ring (bicyclic) bond motifs is 8. The first-order valence-electron chi connectivity index (χ1n) is 40.9. The van der Waals surface area contributed by atoms with E-state index in [1.54, 1.807) is 43.0 Å². The maximum atomic E-state index is 15.0. The summed E-state index contributed by atoms with van der Waals surface area (Å²) < 4.78 is 27.9. The number of Topliss-reactive ketones (excluding diaryl/α,β-unsaturated/α-hetero) is 4. The topological polar surface area (TPSA) is 344 Å². The van der Waals surface area contributed by atoms with Gasteiger partial charge in [0.05, 0.1) is 84.0 Å². The molecule has 5 aliphatic rings. The molecular formula is C91H115N7O17. The van der Waals surface area contributed by atoms with E-state index in [9.17, 15) is 57.8 Å². The number of urea groups is 1. The van der Waals surface area contributed by atoms with Crippen LogP contribution in [-0.2, 0) is 110 Å². The first-order valence-corrected chi connectivity index (χ1v) is 40.9. The molecule has 0 spiro atoms. The van der Waals surface area contributed by atoms with Crippen LogP contribution in [0.5, 0.6) is 0 Å². The maximum absolute atomic E-state index is 15.0. The molecule has 5 aromatic rings. The fourth-order valence-corrected chi connectivity index (χ4v) is 18.4. The largest absolute Gasteiger partial charge is 0.481 e. The third kappa shape index (κ3) is 22.8. The van der Waals surface area contributed by atoms with Gasteiger partial charge in [0.15, 0.2) is 11.6 Å². The number of aliphatic carboxylic acids is 1. The Morgan fingerprint density at radius 2 is 1.17 bits per heavy atom. The zero-order valence-electron chi connectivity index (χ0n) is 67.8. The number of amides is 7. The van der Waals surface area contributed by atoms with Crippen LogP contribution in [0.3, 0.4) is 0 Å². The number of hydrogen-bond acceptors (Lipinski definition) is 16. The Bertz CT molecular complexity index is 4420. The molecule has 1 aliphatic heterocycles. The molecule has 24 nitrogen and oxygen atoms in total. The number of aryl methyl sites for hydroxylation is 3. The minimum Gasteiger partial charge on any atom is -0.481 e. The molecule has 0 radical (unpaired) electrons. The van der Waals surface area contributed by atoms with Crippen molar-refractivity contribution in [3.05, 3.63) is 165 Å². The summed E-state index contributed by atoms with van der Waals surface area (Å²) >= 11 is 0. The van der Waals surface area contributed by atoms with E-state index in [1.807, 2.05) is 66.7 Å². The SMILES string of the molecule is Cc1ccc2c(c1)[C@@]1(C)CCC[C@](C)(C(=O)CC(=O)[C@@]3(C)CCC[C@]4(C)c5cc(CC(=O)[C@H](CC(=O)O)NC(=O)OCc6ccc(NC(=O)[C@H](CCCNC(N)=O)CC(=O)[C@@H](NC(=O)CCOCCOCCOCCOCCNC(=O)CCC(=O)N7Cc8ccccc8C#Cc8ccccc87)C(C)C)cc6)ccc5CC[C@@H]34)[C@@H]1CC2. The predicted molar refractivity (Wildman–Crippen MR) is 435 cm³/mol. The second kappa shape index (κ2) is 40.6. The number of ether oxygens (including phenoxy) is 5. The third-order valence-corrected chi connectivity index (χ3v) is 24.6. The molecule has 0 saturated heterocycles. The lowest BCUT2D eigenvalue weighted by atomic mass is 9.47. The summed E-state index contributed by atoms with van der Waals surface area (Å²) in [4.78, 5) is 150. The van der Waals surface area contributed by atoms with E-state index in [2.05, 4.69) is 91.2 Å². The zero-order valence-corrected chi connectivity index (χ0v) is 67.8. The van der Waals surface area contributed by atoms with Crippen molar-refractivity contribution >= 4 is 76.2 Å². The van der Waals surface area contributed by atoms with Crippen LogP contribution in [0, 0.1) is 53.3 Å². The molecule has 115 heavy (non-hydrogen) atoms. The lowest BCUT2D eigenvalue weighted by molar-refractivity contribution is -0.146. The van der Waals surface area contributed by atoms with E-state index < -0.39 is 76.4 Å². The van der Waals surface area contributed by atoms with Gasteiger partial charge in [-0.3, -0.25) is 43.2 Å². The number of alkyl carbamates (subject to hydrolysis) is 1. The molecular weight excluding hydrogens is 1460 g/mol. The van der Waals surface area contributed by atoms with Crippen LogP contribution in [0.25, 0.3) is 0 Å². The number of carboxylic acid groups (broad SMARTS) is 1.